The van der Waals surface area contributed by atoms with Crippen LogP contribution in [0.25, 0.3) is 33.3 Å². The molecule has 470 valence electrons. The number of carbonyl (C=O) groups excluding carboxylic acids is 5. The van der Waals surface area contributed by atoms with Gasteiger partial charge in [-0.3, -0.25) is 48.7 Å². The summed E-state index contributed by atoms with van der Waals surface area (Å²) in [6.07, 6.45) is 4.05. The van der Waals surface area contributed by atoms with Crippen LogP contribution in [0.3, 0.4) is 0 Å². The first-order valence-corrected chi connectivity index (χ1v) is 31.8. The van der Waals surface area contributed by atoms with Gasteiger partial charge in [0, 0.05) is 119 Å². The largest absolute Gasteiger partial charge is 0.464 e. The van der Waals surface area contributed by atoms with Gasteiger partial charge in [0.2, 0.25) is 17.7 Å². The molecule has 1 unspecified atom stereocenters. The Bertz CT molecular complexity index is 3280. The number of halogens is 3. The lowest BCUT2D eigenvalue weighted by atomic mass is 9.84. The molecule has 7 fully saturated rings. The molecule has 4 amide bonds. The lowest BCUT2D eigenvalue weighted by Gasteiger charge is -2.37. The van der Waals surface area contributed by atoms with Crippen LogP contribution in [0.5, 0.6) is 0 Å². The highest BCUT2D eigenvalue weighted by Gasteiger charge is 2.61. The Kier molecular flexibility index (Phi) is 16.9. The van der Waals surface area contributed by atoms with E-state index in [1.807, 2.05) is 88.2 Å². The number of methoxy groups -OCH3 is 1. The number of carbonyl (C=O) groups is 5. The van der Waals surface area contributed by atoms with E-state index in [1.165, 1.54) is 22.4 Å². The van der Waals surface area contributed by atoms with Gasteiger partial charge in [-0.2, -0.15) is 13.2 Å². The first-order chi connectivity index (χ1) is 41.5. The summed E-state index contributed by atoms with van der Waals surface area (Å²) in [4.78, 5) is 89.2. The number of hydrazine groups is 1. The maximum absolute atomic E-state index is 15.3. The van der Waals surface area contributed by atoms with E-state index in [2.05, 4.69) is 30.3 Å². The van der Waals surface area contributed by atoms with Gasteiger partial charge in [0.25, 0.3) is 5.91 Å². The number of pyridine rings is 1. The molecule has 87 heavy (non-hydrogen) atoms. The molecule has 2 N–H and O–H groups in total. The lowest BCUT2D eigenvalue weighted by Crippen LogP contribution is -2.62. The zero-order chi connectivity index (χ0) is 61.4. The van der Waals surface area contributed by atoms with Gasteiger partial charge in [-0.25, -0.2) is 5.43 Å². The molecule has 2 aliphatic carbocycles. The summed E-state index contributed by atoms with van der Waals surface area (Å²) in [5, 5.41) is 5.30. The van der Waals surface area contributed by atoms with Crippen LogP contribution in [0.1, 0.15) is 109 Å². The number of benzene rings is 2. The molecule has 1 spiro atoms. The minimum atomic E-state index is -4.61. The number of alkyl halides is 3. The predicted octanol–water partition coefficient (Wildman–Crippen LogP) is 7.07. The average molecular weight is 1200 g/mol. The normalized spacial score (nSPS) is 27.2. The number of hydrogen-bond acceptors (Lipinski definition) is 13. The van der Waals surface area contributed by atoms with Gasteiger partial charge >= 0.3 is 12.1 Å². The molecule has 12 rings (SSSR count). The number of likely N-dealkylation sites (tertiary alicyclic amines) is 2. The molecular weight excluding hydrogens is 1120 g/mol. The van der Waals surface area contributed by atoms with Gasteiger partial charge in [-0.15, -0.1) is 0 Å². The maximum Gasteiger partial charge on any atom is 0.406 e. The van der Waals surface area contributed by atoms with Gasteiger partial charge < -0.3 is 34.1 Å². The molecule has 5 saturated heterocycles. The number of likely N-dealkylation sites (N-methyl/N-ethyl adjacent to an activating group) is 1. The van der Waals surface area contributed by atoms with Crippen molar-refractivity contribution in [3.05, 3.63) is 71.5 Å². The van der Waals surface area contributed by atoms with Crippen LogP contribution in [-0.2, 0) is 52.8 Å². The molecule has 2 saturated carbocycles. The molecular formula is C66H88F3N11O7. The number of esters is 1. The third kappa shape index (κ3) is 12.9. The number of amides is 4. The van der Waals surface area contributed by atoms with Gasteiger partial charge in [0.15, 0.2) is 0 Å². The minimum Gasteiger partial charge on any atom is -0.464 e. The zero-order valence-electron chi connectivity index (χ0n) is 52.0. The lowest BCUT2D eigenvalue weighted by molar-refractivity contribution is -0.155. The highest BCUT2D eigenvalue weighted by Crippen LogP contribution is 2.50. The van der Waals surface area contributed by atoms with E-state index in [4.69, 9.17) is 14.5 Å². The Morgan fingerprint density at radius 3 is 2.36 bits per heavy atom. The number of anilines is 1. The molecule has 6 aliphatic heterocycles. The molecule has 0 radical (unpaired) electrons. The number of fused-ring (bicyclic) bond motifs is 6. The quantitative estimate of drug-likeness (QED) is 0.0973. The minimum absolute atomic E-state index is 0.00687. The Morgan fingerprint density at radius 1 is 0.908 bits per heavy atom. The van der Waals surface area contributed by atoms with E-state index in [0.29, 0.717) is 90.9 Å². The number of piperazine rings is 1. The number of rotatable bonds is 14. The molecule has 4 aromatic rings. The highest BCUT2D eigenvalue weighted by molar-refractivity contribution is 5.96. The molecule has 8 heterocycles. The fourth-order valence-corrected chi connectivity index (χ4v) is 15.0. The Labute approximate surface area is 509 Å². The van der Waals surface area contributed by atoms with E-state index in [-0.39, 0.29) is 67.1 Å². The molecule has 6 bridgehead atoms. The second-order valence-electron chi connectivity index (χ2n) is 27.9. The Balaban J connectivity index is 0.861. The van der Waals surface area contributed by atoms with Crippen LogP contribution in [0.4, 0.5) is 18.9 Å². The summed E-state index contributed by atoms with van der Waals surface area (Å²) in [7, 11) is 5.06. The third-order valence-corrected chi connectivity index (χ3v) is 20.1. The topological polar surface area (TPSA) is 168 Å². The number of nitrogens with zero attached hydrogens (tertiary/aromatic N) is 9. The second-order valence-corrected chi connectivity index (χ2v) is 27.9. The SMILES string of the molecule is CO[C@@H](C)c1ncc(N2CCN(C3CC3)CC2)cc1-c1c2c3cc(ccc3n1CC(F)(F)F)-c1cccc(c1)C[C@H](NC(=O)[C@H](C(C)C)N1CC[C@]3(CCN(C(=O)[C@H]4[C@@H](C5CC5)N4CC(=O)N(C)C)C3)C1)C(=O)N1CCC[C@H](N1)C(=O)OCC(C)(C)C2. The predicted molar refractivity (Wildman–Crippen MR) is 325 cm³/mol. The number of cyclic esters (lactones) is 1. The van der Waals surface area contributed by atoms with Crippen molar-refractivity contribution in [2.45, 2.75) is 154 Å². The van der Waals surface area contributed by atoms with E-state index >= 15 is 22.8 Å². The first-order valence-electron chi connectivity index (χ1n) is 31.8. The van der Waals surface area contributed by atoms with Crippen molar-refractivity contribution < 1.29 is 46.6 Å². The van der Waals surface area contributed by atoms with Crippen molar-refractivity contribution in [1.29, 1.82) is 0 Å². The summed E-state index contributed by atoms with van der Waals surface area (Å²) in [5.41, 5.74) is 7.77. The van der Waals surface area contributed by atoms with Crippen molar-refractivity contribution in [3.63, 3.8) is 0 Å². The molecule has 8 aliphatic rings. The second kappa shape index (κ2) is 24.0. The van der Waals surface area contributed by atoms with Crippen molar-refractivity contribution in [1.82, 2.24) is 49.8 Å². The van der Waals surface area contributed by atoms with Crippen molar-refractivity contribution >= 4 is 46.2 Å². The standard InChI is InChI=1S/C66H88F3N11O7/c1-40(2)56(76-23-20-65(36-76)21-24-77(37-65)62(84)59-57(43-14-15-43)78(59)35-54(81)73(6)7)60(82)71-52-30-42-11-9-12-44(29-42)45-16-19-53-48(31-45)50(33-64(4,5)39-87-63(85)51-13-10-22-80(72-51)61(52)83)58(79(53)38-66(67,68)69)49-32-47(34-70-55(49)41(3)86-8)75-27-25-74(26-28-75)46-17-18-46/h9,11-12,16,19,29,31-32,34,40-41,43,46,51-52,56-57,59,72H,10,13-15,17-18,20-28,30,33,35-39H2,1-8H3,(H,71,82)/t41-,51-,52-,56-,57+,59+,65-,78?/m0/s1. The highest BCUT2D eigenvalue weighted by atomic mass is 19.4. The summed E-state index contributed by atoms with van der Waals surface area (Å²) in [6.45, 7) is 14.8. The molecule has 8 atom stereocenters. The van der Waals surface area contributed by atoms with E-state index in [9.17, 15) is 14.4 Å². The summed E-state index contributed by atoms with van der Waals surface area (Å²) < 4.78 is 59.3. The molecule has 2 aromatic carbocycles. The fourth-order valence-electron chi connectivity index (χ4n) is 15.0. The number of aromatic nitrogens is 2. The smallest absolute Gasteiger partial charge is 0.406 e. The van der Waals surface area contributed by atoms with Crippen LogP contribution < -0.4 is 15.6 Å². The van der Waals surface area contributed by atoms with Crippen LogP contribution in [0.15, 0.2) is 54.7 Å². The molecule has 18 nitrogen and oxygen atoms in total. The number of ether oxygens (including phenoxy) is 2. The van der Waals surface area contributed by atoms with Gasteiger partial charge in [-0.05, 0) is 124 Å². The van der Waals surface area contributed by atoms with Crippen LogP contribution >= 0.6 is 0 Å². The Hall–Kier alpha value is -6.13. The van der Waals surface area contributed by atoms with Crippen molar-refractivity contribution in [3.8, 4) is 22.4 Å². The van der Waals surface area contributed by atoms with Crippen LogP contribution in [-0.4, -0.2) is 204 Å². The Morgan fingerprint density at radius 2 is 1.66 bits per heavy atom. The van der Waals surface area contributed by atoms with Crippen LogP contribution in [0, 0.1) is 22.7 Å². The van der Waals surface area contributed by atoms with Crippen molar-refractivity contribution in [2.24, 2.45) is 22.7 Å². The van der Waals surface area contributed by atoms with E-state index in [0.717, 1.165) is 74.2 Å². The maximum atomic E-state index is 15.3. The van der Waals surface area contributed by atoms with E-state index < -0.39 is 54.2 Å². The van der Waals surface area contributed by atoms with Gasteiger partial charge in [-0.1, -0.05) is 58.0 Å². The monoisotopic (exact) mass is 1200 g/mol. The van der Waals surface area contributed by atoms with E-state index in [1.54, 1.807) is 32.2 Å². The number of hydrogen-bond donors (Lipinski definition) is 2. The molecule has 21 heteroatoms. The molecule has 2 aromatic heterocycles. The number of nitrogens with one attached hydrogen (secondary N) is 2. The van der Waals surface area contributed by atoms with Gasteiger partial charge in [0.05, 0.1) is 48.6 Å². The first kappa shape index (κ1) is 61.1. The summed E-state index contributed by atoms with van der Waals surface area (Å²) >= 11 is 0. The fraction of sp³-hybridized carbons (Fsp3) is 0.636. The summed E-state index contributed by atoms with van der Waals surface area (Å²) in [6, 6.07) is 13.2. The van der Waals surface area contributed by atoms with Gasteiger partial charge in [0.1, 0.15) is 24.7 Å². The zero-order valence-corrected chi connectivity index (χ0v) is 52.0. The van der Waals surface area contributed by atoms with Crippen LogP contribution in [0.2, 0.25) is 0 Å². The van der Waals surface area contributed by atoms with Crippen molar-refractivity contribution in [2.75, 3.05) is 98.2 Å². The average Bonchev–Trinajstić information content (AvgIpc) is 1.64. The third-order valence-electron chi connectivity index (χ3n) is 20.1. The summed E-state index contributed by atoms with van der Waals surface area (Å²) in [5.74, 6) is -0.835.